The highest BCUT2D eigenvalue weighted by Gasteiger charge is 1.99. The van der Waals surface area contributed by atoms with Gasteiger partial charge in [0.2, 0.25) is 0 Å². The second-order valence-electron chi connectivity index (χ2n) is 3.65. The van der Waals surface area contributed by atoms with Crippen molar-refractivity contribution >= 4 is 11.3 Å². The fourth-order valence-corrected chi connectivity index (χ4v) is 2.29. The maximum absolute atomic E-state index is 12.9. The predicted molar refractivity (Wildman–Crippen MR) is 66.0 cm³/mol. The van der Waals surface area contributed by atoms with Crippen molar-refractivity contribution in [3.8, 4) is 6.07 Å². The maximum atomic E-state index is 12.9. The molecule has 0 radical (unpaired) electrons. The molecule has 0 amide bonds. The molecule has 2 aromatic rings. The molecule has 0 fully saturated rings. The minimum absolute atomic E-state index is 0.216. The summed E-state index contributed by atoms with van der Waals surface area (Å²) in [5.41, 5.74) is 1.61. The van der Waals surface area contributed by atoms with E-state index >= 15 is 0 Å². The van der Waals surface area contributed by atoms with E-state index in [4.69, 9.17) is 5.26 Å². The zero-order valence-electron chi connectivity index (χ0n) is 9.11. The van der Waals surface area contributed by atoms with Crippen LogP contribution in [0.3, 0.4) is 0 Å². The van der Waals surface area contributed by atoms with Gasteiger partial charge in [-0.05, 0) is 23.8 Å². The lowest BCUT2D eigenvalue weighted by Gasteiger charge is -2.03. The van der Waals surface area contributed by atoms with E-state index in [-0.39, 0.29) is 5.82 Å². The van der Waals surface area contributed by atoms with Gasteiger partial charge in [-0.3, -0.25) is 0 Å². The Hall–Kier alpha value is -1.70. The number of thiophene rings is 1. The molecule has 0 spiro atoms. The zero-order valence-corrected chi connectivity index (χ0v) is 9.93. The Bertz CT molecular complexity index is 542. The largest absolute Gasteiger partial charge is 0.308 e. The number of nitriles is 1. The molecule has 1 aromatic heterocycles. The molecule has 2 rings (SSSR count). The van der Waals surface area contributed by atoms with Gasteiger partial charge in [0.1, 0.15) is 11.9 Å². The van der Waals surface area contributed by atoms with Crippen LogP contribution in [0.1, 0.15) is 16.0 Å². The normalized spacial score (nSPS) is 10.1. The summed E-state index contributed by atoms with van der Waals surface area (Å²) in [4.78, 5) is 1.11. The van der Waals surface area contributed by atoms with Crippen molar-refractivity contribution in [2.75, 3.05) is 0 Å². The van der Waals surface area contributed by atoms with Crippen LogP contribution in [0.4, 0.5) is 4.39 Å². The Morgan fingerprint density at radius 1 is 1.29 bits per heavy atom. The van der Waals surface area contributed by atoms with Crippen LogP contribution in [0.5, 0.6) is 0 Å². The highest BCUT2D eigenvalue weighted by atomic mass is 32.1. The van der Waals surface area contributed by atoms with E-state index in [0.717, 1.165) is 10.4 Å². The number of nitrogens with zero attached hydrogens (tertiary/aromatic N) is 1. The second-order valence-corrected chi connectivity index (χ2v) is 4.64. The minimum Gasteiger partial charge on any atom is -0.308 e. The third-order valence-electron chi connectivity index (χ3n) is 2.30. The Kier molecular flexibility index (Phi) is 3.86. The number of benzene rings is 1. The van der Waals surface area contributed by atoms with Gasteiger partial charge in [0.25, 0.3) is 0 Å². The molecule has 1 heterocycles. The Morgan fingerprint density at radius 2 is 2.18 bits per heavy atom. The van der Waals surface area contributed by atoms with E-state index in [1.807, 2.05) is 17.5 Å². The summed E-state index contributed by atoms with van der Waals surface area (Å²) in [6, 6.07) is 10.5. The quantitative estimate of drug-likeness (QED) is 0.900. The first-order chi connectivity index (χ1) is 8.28. The van der Waals surface area contributed by atoms with Crippen molar-refractivity contribution < 1.29 is 4.39 Å². The average Bonchev–Trinajstić information content (AvgIpc) is 2.77. The van der Waals surface area contributed by atoms with Crippen LogP contribution in [-0.4, -0.2) is 0 Å². The molecule has 0 atom stereocenters. The molecule has 86 valence electrons. The van der Waals surface area contributed by atoms with Gasteiger partial charge in [-0.1, -0.05) is 12.1 Å². The molecular formula is C13H11FN2S. The molecule has 17 heavy (non-hydrogen) atoms. The Morgan fingerprint density at radius 3 is 2.88 bits per heavy atom. The van der Waals surface area contributed by atoms with Gasteiger partial charge in [0, 0.05) is 23.3 Å². The van der Waals surface area contributed by atoms with Gasteiger partial charge in [-0.25, -0.2) is 4.39 Å². The van der Waals surface area contributed by atoms with Crippen molar-refractivity contribution in [3.63, 3.8) is 0 Å². The Balaban J connectivity index is 1.85. The van der Waals surface area contributed by atoms with Crippen molar-refractivity contribution in [3.05, 3.63) is 57.5 Å². The number of rotatable bonds is 4. The molecule has 0 aliphatic heterocycles. The smallest absolute Gasteiger partial charge is 0.123 e. The van der Waals surface area contributed by atoms with Gasteiger partial charge >= 0.3 is 0 Å². The first kappa shape index (κ1) is 11.8. The third-order valence-corrected chi connectivity index (χ3v) is 3.24. The Labute approximate surface area is 103 Å². The molecule has 0 bridgehead atoms. The van der Waals surface area contributed by atoms with Crippen LogP contribution in [0.25, 0.3) is 0 Å². The molecule has 4 heteroatoms. The molecule has 0 saturated heterocycles. The standard InChI is InChI=1S/C13H11FN2S/c14-12-3-1-2-10(4-12)7-16-8-13-5-11(6-15)9-17-13/h1-5,9,16H,7-8H2. The molecule has 0 aliphatic rings. The van der Waals surface area contributed by atoms with Crippen LogP contribution < -0.4 is 5.32 Å². The van der Waals surface area contributed by atoms with E-state index in [0.29, 0.717) is 18.7 Å². The molecule has 0 saturated carbocycles. The van der Waals surface area contributed by atoms with Gasteiger partial charge in [-0.15, -0.1) is 11.3 Å². The predicted octanol–water partition coefficient (Wildman–Crippen LogP) is 3.05. The van der Waals surface area contributed by atoms with Gasteiger partial charge in [-0.2, -0.15) is 5.26 Å². The highest BCUT2D eigenvalue weighted by Crippen LogP contribution is 2.13. The van der Waals surface area contributed by atoms with Crippen LogP contribution in [-0.2, 0) is 13.1 Å². The van der Waals surface area contributed by atoms with E-state index in [1.54, 1.807) is 17.4 Å². The van der Waals surface area contributed by atoms with Crippen LogP contribution in [0.15, 0.2) is 35.7 Å². The molecule has 0 aliphatic carbocycles. The second kappa shape index (κ2) is 5.58. The number of hydrogen-bond donors (Lipinski definition) is 1. The number of nitrogens with one attached hydrogen (secondary N) is 1. The first-order valence-corrected chi connectivity index (χ1v) is 6.08. The SMILES string of the molecule is N#Cc1csc(CNCc2cccc(F)c2)c1. The van der Waals surface area contributed by atoms with E-state index in [1.165, 1.54) is 12.1 Å². The van der Waals surface area contributed by atoms with Crippen molar-refractivity contribution in [1.82, 2.24) is 5.32 Å². The van der Waals surface area contributed by atoms with E-state index in [2.05, 4.69) is 11.4 Å². The average molecular weight is 246 g/mol. The lowest BCUT2D eigenvalue weighted by molar-refractivity contribution is 0.620. The lowest BCUT2D eigenvalue weighted by atomic mass is 10.2. The van der Waals surface area contributed by atoms with E-state index in [9.17, 15) is 4.39 Å². The summed E-state index contributed by atoms with van der Waals surface area (Å²) < 4.78 is 12.9. The maximum Gasteiger partial charge on any atom is 0.123 e. The van der Waals surface area contributed by atoms with Crippen LogP contribution >= 0.6 is 11.3 Å². The molecule has 2 nitrogen and oxygen atoms in total. The van der Waals surface area contributed by atoms with Crippen molar-refractivity contribution in [2.24, 2.45) is 0 Å². The summed E-state index contributed by atoms with van der Waals surface area (Å²) in [6.45, 7) is 1.32. The lowest BCUT2D eigenvalue weighted by Crippen LogP contribution is -2.11. The summed E-state index contributed by atoms with van der Waals surface area (Å²) in [5, 5.41) is 13.7. The van der Waals surface area contributed by atoms with E-state index < -0.39 is 0 Å². The molecule has 0 unspecified atom stereocenters. The minimum atomic E-state index is -0.216. The first-order valence-electron chi connectivity index (χ1n) is 5.20. The zero-order chi connectivity index (χ0) is 12.1. The van der Waals surface area contributed by atoms with Crippen LogP contribution in [0, 0.1) is 17.1 Å². The highest BCUT2D eigenvalue weighted by molar-refractivity contribution is 7.10. The van der Waals surface area contributed by atoms with Crippen molar-refractivity contribution in [2.45, 2.75) is 13.1 Å². The van der Waals surface area contributed by atoms with Gasteiger partial charge < -0.3 is 5.32 Å². The van der Waals surface area contributed by atoms with Crippen molar-refractivity contribution in [1.29, 1.82) is 5.26 Å². The number of hydrogen-bond acceptors (Lipinski definition) is 3. The fourth-order valence-electron chi connectivity index (χ4n) is 1.51. The summed E-state index contributed by atoms with van der Waals surface area (Å²) >= 11 is 1.55. The molecule has 1 N–H and O–H groups in total. The van der Waals surface area contributed by atoms with Crippen LogP contribution in [0.2, 0.25) is 0 Å². The monoisotopic (exact) mass is 246 g/mol. The summed E-state index contributed by atoms with van der Waals surface area (Å²) in [5.74, 6) is -0.216. The summed E-state index contributed by atoms with van der Waals surface area (Å²) in [6.07, 6.45) is 0. The summed E-state index contributed by atoms with van der Waals surface area (Å²) in [7, 11) is 0. The molecule has 1 aromatic carbocycles. The van der Waals surface area contributed by atoms with Gasteiger partial charge in [0.15, 0.2) is 0 Å². The third kappa shape index (κ3) is 3.38. The number of halogens is 1. The molecular weight excluding hydrogens is 235 g/mol. The fraction of sp³-hybridized carbons (Fsp3) is 0.154. The van der Waals surface area contributed by atoms with Gasteiger partial charge in [0.05, 0.1) is 5.56 Å². The topological polar surface area (TPSA) is 35.8 Å².